The summed E-state index contributed by atoms with van der Waals surface area (Å²) in [6.07, 6.45) is 1.15. The molecule has 0 spiro atoms. The molecular formula is C21H19F3N4O3S. The Kier molecular flexibility index (Phi) is 5.76. The molecule has 3 aromatic rings. The van der Waals surface area contributed by atoms with Crippen LogP contribution in [-0.4, -0.2) is 41.7 Å². The average Bonchev–Trinajstić information content (AvgIpc) is 3.20. The van der Waals surface area contributed by atoms with Gasteiger partial charge in [0.2, 0.25) is 9.84 Å². The normalized spacial score (nSPS) is 18.9. The van der Waals surface area contributed by atoms with Gasteiger partial charge in [0.1, 0.15) is 17.2 Å². The highest BCUT2D eigenvalue weighted by atomic mass is 32.2. The van der Waals surface area contributed by atoms with Crippen molar-refractivity contribution >= 4 is 21.3 Å². The Balaban J connectivity index is 1.41. The van der Waals surface area contributed by atoms with Crippen LogP contribution in [0.4, 0.5) is 18.9 Å². The molecule has 0 saturated heterocycles. The maximum Gasteiger partial charge on any atom is 0.408 e. The van der Waals surface area contributed by atoms with Crippen molar-refractivity contribution < 1.29 is 26.4 Å². The Hall–Kier alpha value is -3.21. The van der Waals surface area contributed by atoms with E-state index in [1.165, 1.54) is 12.1 Å². The summed E-state index contributed by atoms with van der Waals surface area (Å²) in [5.41, 5.74) is 1.63. The van der Waals surface area contributed by atoms with E-state index in [9.17, 15) is 26.4 Å². The van der Waals surface area contributed by atoms with Gasteiger partial charge in [0.15, 0.2) is 0 Å². The molecule has 1 fully saturated rings. The number of nitrogens with zero attached hydrogens (tertiary/aromatic N) is 3. The molecule has 0 amide bonds. The number of anilines is 1. The predicted molar refractivity (Wildman–Crippen MR) is 109 cm³/mol. The van der Waals surface area contributed by atoms with Gasteiger partial charge in [-0.15, -0.1) is 0 Å². The third-order valence-electron chi connectivity index (χ3n) is 5.38. The van der Waals surface area contributed by atoms with Crippen molar-refractivity contribution in [3.05, 3.63) is 66.7 Å². The topological polar surface area (TPSA) is 93.9 Å². The van der Waals surface area contributed by atoms with Gasteiger partial charge in [0, 0.05) is 49.1 Å². The second kappa shape index (κ2) is 8.38. The maximum absolute atomic E-state index is 12.7. The van der Waals surface area contributed by atoms with Gasteiger partial charge in [-0.1, -0.05) is 6.07 Å². The van der Waals surface area contributed by atoms with Crippen molar-refractivity contribution in [3.63, 3.8) is 0 Å². The lowest BCUT2D eigenvalue weighted by Crippen LogP contribution is -2.40. The molecular weight excluding hydrogens is 445 g/mol. The molecule has 1 saturated carbocycles. The van der Waals surface area contributed by atoms with Gasteiger partial charge in [-0.05, 0) is 35.9 Å². The summed E-state index contributed by atoms with van der Waals surface area (Å²) in [6, 6.07) is 9.59. The third kappa shape index (κ3) is 4.67. The molecule has 1 aliphatic carbocycles. The Labute approximate surface area is 182 Å². The molecule has 32 heavy (non-hydrogen) atoms. The number of aromatic nitrogens is 3. The van der Waals surface area contributed by atoms with Crippen molar-refractivity contribution in [1.82, 2.24) is 14.8 Å². The number of carbonyl (C=O) groups is 1. The molecule has 1 N–H and O–H groups in total. The number of carbonyl (C=O) groups excluding carboxylic acids is 1. The zero-order chi connectivity index (χ0) is 22.9. The monoisotopic (exact) mass is 464 g/mol. The minimum atomic E-state index is -4.50. The summed E-state index contributed by atoms with van der Waals surface area (Å²) in [6.45, 7) is -0.972. The summed E-state index contributed by atoms with van der Waals surface area (Å²) >= 11 is 0. The van der Waals surface area contributed by atoms with Crippen molar-refractivity contribution in [1.29, 1.82) is 0 Å². The van der Waals surface area contributed by atoms with Crippen LogP contribution in [0.2, 0.25) is 0 Å². The lowest BCUT2D eigenvalue weighted by molar-refractivity contribution is -0.142. The molecule has 2 heterocycles. The zero-order valence-electron chi connectivity index (χ0n) is 16.7. The molecule has 0 bridgehead atoms. The molecule has 11 heteroatoms. The number of nitrogens with one attached hydrogen (secondary N) is 1. The van der Waals surface area contributed by atoms with Crippen LogP contribution >= 0.6 is 0 Å². The van der Waals surface area contributed by atoms with E-state index >= 15 is 0 Å². The third-order valence-corrected chi connectivity index (χ3v) is 7.11. The number of hydrogen-bond donors (Lipinski definition) is 1. The van der Waals surface area contributed by atoms with Crippen molar-refractivity contribution in [3.8, 4) is 0 Å². The largest absolute Gasteiger partial charge is 0.408 e. The first kappa shape index (κ1) is 22.0. The molecule has 2 atom stereocenters. The molecule has 2 aromatic heterocycles. The first-order chi connectivity index (χ1) is 15.1. The second-order valence-electron chi connectivity index (χ2n) is 7.57. The average molecular weight is 464 g/mol. The lowest BCUT2D eigenvalue weighted by Gasteiger charge is -2.35. The molecule has 0 aliphatic heterocycles. The van der Waals surface area contributed by atoms with Gasteiger partial charge >= 0.3 is 6.18 Å². The number of benzene rings is 1. The van der Waals surface area contributed by atoms with E-state index < -0.39 is 22.6 Å². The van der Waals surface area contributed by atoms with E-state index in [1.807, 2.05) is 12.1 Å². The van der Waals surface area contributed by atoms with Crippen LogP contribution in [-0.2, 0) is 21.2 Å². The summed E-state index contributed by atoms with van der Waals surface area (Å²) in [5, 5.41) is 6.63. The molecule has 4 rings (SSSR count). The fraction of sp³-hybridized carbons (Fsp3) is 0.286. The highest BCUT2D eigenvalue weighted by Gasteiger charge is 2.40. The predicted octanol–water partition coefficient (Wildman–Crippen LogP) is 3.46. The summed E-state index contributed by atoms with van der Waals surface area (Å²) in [7, 11) is -4.01. The number of hydrogen-bond acceptors (Lipinski definition) is 6. The van der Waals surface area contributed by atoms with Crippen LogP contribution < -0.4 is 5.32 Å². The minimum absolute atomic E-state index is 0.0671. The van der Waals surface area contributed by atoms with Gasteiger partial charge < -0.3 is 5.32 Å². The highest BCUT2D eigenvalue weighted by Crippen LogP contribution is 2.39. The summed E-state index contributed by atoms with van der Waals surface area (Å²) in [5.74, 6) is 0.0556. The summed E-state index contributed by atoms with van der Waals surface area (Å²) < 4.78 is 63.3. The molecule has 1 aliphatic rings. The van der Waals surface area contributed by atoms with Crippen molar-refractivity contribution in [2.45, 2.75) is 34.9 Å². The number of halogens is 3. The van der Waals surface area contributed by atoms with Crippen LogP contribution in [0.3, 0.4) is 0 Å². The molecule has 168 valence electrons. The number of sulfone groups is 1. The van der Waals surface area contributed by atoms with Crippen LogP contribution in [0.1, 0.15) is 17.9 Å². The molecule has 1 aromatic carbocycles. The quantitative estimate of drug-likeness (QED) is 0.576. The molecule has 0 radical (unpaired) electrons. The van der Waals surface area contributed by atoms with E-state index in [2.05, 4.69) is 15.4 Å². The number of alkyl halides is 3. The van der Waals surface area contributed by atoms with Gasteiger partial charge in [-0.2, -0.15) is 18.3 Å². The van der Waals surface area contributed by atoms with Crippen LogP contribution in [0, 0.1) is 5.92 Å². The smallest absolute Gasteiger partial charge is 0.384 e. The highest BCUT2D eigenvalue weighted by molar-refractivity contribution is 7.91. The number of Topliss-reactive ketones (excluding diaryl/α,β-unsaturated/α-hetero) is 1. The van der Waals surface area contributed by atoms with E-state index in [0.717, 1.165) is 18.0 Å². The fourth-order valence-corrected chi connectivity index (χ4v) is 4.86. The van der Waals surface area contributed by atoms with Crippen molar-refractivity contribution in [2.24, 2.45) is 5.92 Å². The van der Waals surface area contributed by atoms with E-state index in [4.69, 9.17) is 0 Å². The zero-order valence-corrected chi connectivity index (χ0v) is 17.5. The first-order valence-corrected chi connectivity index (χ1v) is 11.2. The summed E-state index contributed by atoms with van der Waals surface area (Å²) in [4.78, 5) is 15.8. The van der Waals surface area contributed by atoms with Gasteiger partial charge in [0.05, 0.1) is 11.1 Å². The Morgan fingerprint density at radius 2 is 1.84 bits per heavy atom. The van der Waals surface area contributed by atoms with E-state index in [-0.39, 0.29) is 27.4 Å². The molecule has 7 nitrogen and oxygen atoms in total. The van der Waals surface area contributed by atoms with Gasteiger partial charge in [0.25, 0.3) is 0 Å². The maximum atomic E-state index is 12.7. The Bertz CT molecular complexity index is 1210. The number of ketones is 1. The van der Waals surface area contributed by atoms with Crippen LogP contribution in [0.25, 0.3) is 0 Å². The minimum Gasteiger partial charge on any atom is -0.384 e. The number of rotatable bonds is 7. The molecule has 2 unspecified atom stereocenters. The number of pyridine rings is 1. The standard InChI is InChI=1S/C21H19F3N4O3S/c22-21(23,24)13-28-12-17(10-27-28)32(30,31)16-5-3-15(4-6-16)26-11-19-18(8-20(19)29)14-2-1-7-25-9-14/h1-7,9-10,12,18-19,26H,8,11,13H2. The lowest BCUT2D eigenvalue weighted by atomic mass is 9.69. The Morgan fingerprint density at radius 3 is 2.47 bits per heavy atom. The van der Waals surface area contributed by atoms with E-state index in [0.29, 0.717) is 23.3 Å². The van der Waals surface area contributed by atoms with Crippen LogP contribution in [0.15, 0.2) is 71.0 Å². The first-order valence-electron chi connectivity index (χ1n) is 9.74. The van der Waals surface area contributed by atoms with Crippen LogP contribution in [0.5, 0.6) is 0 Å². The second-order valence-corrected chi connectivity index (χ2v) is 9.52. The van der Waals surface area contributed by atoms with Crippen molar-refractivity contribution in [2.75, 3.05) is 11.9 Å². The SMILES string of the molecule is O=C1CC(c2cccnc2)C1CNc1ccc(S(=O)(=O)c2cnn(CC(F)(F)F)c2)cc1. The van der Waals surface area contributed by atoms with Gasteiger partial charge in [-0.25, -0.2) is 8.42 Å². The fourth-order valence-electron chi connectivity index (χ4n) is 3.65. The Morgan fingerprint density at radius 1 is 1.09 bits per heavy atom. The van der Waals surface area contributed by atoms with E-state index in [1.54, 1.807) is 24.5 Å². The van der Waals surface area contributed by atoms with Gasteiger partial charge in [-0.3, -0.25) is 14.5 Å².